The molecule has 0 spiro atoms. The highest BCUT2D eigenvalue weighted by molar-refractivity contribution is 8.07. The highest BCUT2D eigenvalue weighted by Gasteiger charge is 2.18. The molecule has 4 N–H and O–H groups in total. The van der Waals surface area contributed by atoms with Gasteiger partial charge >= 0.3 is 0 Å². The highest BCUT2D eigenvalue weighted by Crippen LogP contribution is 2.36. The maximum Gasteiger partial charge on any atom is 0.122 e. The van der Waals surface area contributed by atoms with E-state index < -0.39 is 0 Å². The van der Waals surface area contributed by atoms with Gasteiger partial charge in [0.25, 0.3) is 0 Å². The van der Waals surface area contributed by atoms with Crippen LogP contribution in [0.5, 0.6) is 5.75 Å². The van der Waals surface area contributed by atoms with Crippen LogP contribution in [0, 0.1) is 0 Å². The van der Waals surface area contributed by atoms with E-state index in [4.69, 9.17) is 5.73 Å². The Balaban J connectivity index is 1.87. The van der Waals surface area contributed by atoms with E-state index in [-0.39, 0.29) is 5.75 Å². The Morgan fingerprint density at radius 3 is 2.45 bits per heavy atom. The molecule has 0 amide bonds. The summed E-state index contributed by atoms with van der Waals surface area (Å²) in [4.78, 5) is 0. The molecule has 1 aliphatic rings. The maximum absolute atomic E-state index is 9.79. The average molecular weight is 282 g/mol. The number of hydrogen-bond acceptors (Lipinski definition) is 4. The van der Waals surface area contributed by atoms with Crippen LogP contribution in [0.4, 0.5) is 0 Å². The normalized spacial score (nSPS) is 16.5. The van der Waals surface area contributed by atoms with Gasteiger partial charge < -0.3 is 16.2 Å². The lowest BCUT2D eigenvalue weighted by Crippen LogP contribution is -2.05. The third kappa shape index (κ3) is 2.51. The van der Waals surface area contributed by atoms with Gasteiger partial charge in [0.15, 0.2) is 0 Å². The van der Waals surface area contributed by atoms with Crippen LogP contribution in [0.25, 0.3) is 11.8 Å². The number of nitrogens with one attached hydrogen (secondary N) is 1. The predicted molar refractivity (Wildman–Crippen MR) is 84.4 cm³/mol. The molecule has 0 unspecified atom stereocenters. The molecule has 0 atom stereocenters. The molecule has 0 saturated carbocycles. The van der Waals surface area contributed by atoms with Crippen LogP contribution in [-0.4, -0.2) is 5.11 Å². The van der Waals surface area contributed by atoms with Crippen molar-refractivity contribution >= 4 is 23.5 Å². The molecule has 3 rings (SSSR count). The molecule has 20 heavy (non-hydrogen) atoms. The number of phenols is 1. The number of phenolic OH excluding ortho intramolecular Hbond substituents is 1. The van der Waals surface area contributed by atoms with Crippen molar-refractivity contribution in [3.8, 4) is 5.75 Å². The molecule has 4 heteroatoms. The number of hydrogen-bond donors (Lipinski definition) is 3. The minimum absolute atomic E-state index is 0.258. The van der Waals surface area contributed by atoms with E-state index in [1.54, 1.807) is 12.1 Å². The van der Waals surface area contributed by atoms with Gasteiger partial charge in [0.1, 0.15) is 5.75 Å². The molecule has 3 nitrogen and oxygen atoms in total. The van der Waals surface area contributed by atoms with Crippen molar-refractivity contribution in [2.45, 2.75) is 0 Å². The first kappa shape index (κ1) is 12.7. The zero-order valence-corrected chi connectivity index (χ0v) is 11.5. The second-order valence-electron chi connectivity index (χ2n) is 4.40. The Kier molecular flexibility index (Phi) is 3.39. The quantitative estimate of drug-likeness (QED) is 0.791. The summed E-state index contributed by atoms with van der Waals surface area (Å²) in [6.07, 6.45) is 1.89. The van der Waals surface area contributed by atoms with Crippen LogP contribution in [0.15, 0.2) is 64.7 Å². The van der Waals surface area contributed by atoms with Crippen molar-refractivity contribution in [2.24, 2.45) is 5.73 Å². The van der Waals surface area contributed by atoms with Gasteiger partial charge in [-0.3, -0.25) is 0 Å². The van der Waals surface area contributed by atoms with Crippen LogP contribution < -0.4 is 11.1 Å². The fraction of sp³-hybridized carbons (Fsp3) is 0. The average Bonchev–Trinajstić information content (AvgIpc) is 2.83. The highest BCUT2D eigenvalue weighted by atomic mass is 32.2. The van der Waals surface area contributed by atoms with Crippen LogP contribution in [0.1, 0.15) is 11.1 Å². The Morgan fingerprint density at radius 2 is 1.70 bits per heavy atom. The van der Waals surface area contributed by atoms with Crippen LogP contribution >= 0.6 is 11.8 Å². The zero-order chi connectivity index (χ0) is 13.9. The molecule has 0 bridgehead atoms. The van der Waals surface area contributed by atoms with Crippen molar-refractivity contribution in [1.82, 2.24) is 5.32 Å². The van der Waals surface area contributed by atoms with Crippen molar-refractivity contribution in [1.29, 1.82) is 0 Å². The summed E-state index contributed by atoms with van der Waals surface area (Å²) in [5, 5.41) is 14.7. The molecular formula is C16H14N2OS. The molecule has 2 aromatic carbocycles. The van der Waals surface area contributed by atoms with E-state index in [2.05, 4.69) is 5.32 Å². The van der Waals surface area contributed by atoms with Crippen LogP contribution in [-0.2, 0) is 0 Å². The second kappa shape index (κ2) is 5.35. The zero-order valence-electron chi connectivity index (χ0n) is 10.7. The summed E-state index contributed by atoms with van der Waals surface area (Å²) in [7, 11) is 0. The van der Waals surface area contributed by atoms with E-state index in [0.717, 1.165) is 26.9 Å². The summed E-state index contributed by atoms with van der Waals surface area (Å²) >= 11 is 1.47. The number of rotatable bonds is 2. The number of nitrogens with two attached hydrogens (primary N) is 1. The van der Waals surface area contributed by atoms with Gasteiger partial charge in [-0.2, -0.15) is 0 Å². The third-order valence-electron chi connectivity index (χ3n) is 3.00. The maximum atomic E-state index is 9.79. The van der Waals surface area contributed by atoms with Crippen LogP contribution in [0.2, 0.25) is 0 Å². The lowest BCUT2D eigenvalue weighted by Gasteiger charge is -2.05. The Labute approximate surface area is 121 Å². The second-order valence-corrected chi connectivity index (χ2v) is 5.48. The number of benzene rings is 2. The standard InChI is InChI=1S/C16H14N2OS/c17-16-15(11-6-2-1-3-7-11)18-14(20-16)10-12-8-4-5-9-13(12)19/h1-10,18-19H,17H2. The molecule has 0 radical (unpaired) electrons. The van der Waals surface area contributed by atoms with E-state index >= 15 is 0 Å². The first-order valence-corrected chi connectivity index (χ1v) is 7.05. The minimum atomic E-state index is 0.258. The SMILES string of the molecule is NC1=C(c2ccccc2)NC(=Cc2ccccc2O)S1. The molecule has 1 aliphatic heterocycles. The van der Waals surface area contributed by atoms with Gasteiger partial charge in [0, 0.05) is 11.1 Å². The number of thioether (sulfide) groups is 1. The lowest BCUT2D eigenvalue weighted by atomic mass is 10.1. The van der Waals surface area contributed by atoms with E-state index in [9.17, 15) is 5.11 Å². The fourth-order valence-corrected chi connectivity index (χ4v) is 2.86. The summed E-state index contributed by atoms with van der Waals surface area (Å²) in [6.45, 7) is 0. The molecule has 0 aliphatic carbocycles. The Hall–Kier alpha value is -2.33. The van der Waals surface area contributed by atoms with Crippen molar-refractivity contribution in [3.63, 3.8) is 0 Å². The van der Waals surface area contributed by atoms with Gasteiger partial charge in [-0.05, 0) is 12.1 Å². The first-order valence-electron chi connectivity index (χ1n) is 6.24. The summed E-state index contributed by atoms with van der Waals surface area (Å²) in [5.74, 6) is 0.258. The summed E-state index contributed by atoms with van der Waals surface area (Å²) in [6, 6.07) is 17.2. The van der Waals surface area contributed by atoms with E-state index in [1.807, 2.05) is 48.5 Å². The fourth-order valence-electron chi connectivity index (χ4n) is 2.02. The summed E-state index contributed by atoms with van der Waals surface area (Å²) in [5.41, 5.74) is 8.81. The van der Waals surface area contributed by atoms with Crippen LogP contribution in [0.3, 0.4) is 0 Å². The van der Waals surface area contributed by atoms with Crippen molar-refractivity contribution in [2.75, 3.05) is 0 Å². The minimum Gasteiger partial charge on any atom is -0.507 e. The van der Waals surface area contributed by atoms with Crippen molar-refractivity contribution in [3.05, 3.63) is 75.8 Å². The van der Waals surface area contributed by atoms with Gasteiger partial charge in [-0.15, -0.1) is 0 Å². The smallest absolute Gasteiger partial charge is 0.122 e. The molecular weight excluding hydrogens is 268 g/mol. The Morgan fingerprint density at radius 1 is 1.00 bits per heavy atom. The predicted octanol–water partition coefficient (Wildman–Crippen LogP) is 3.31. The van der Waals surface area contributed by atoms with E-state index in [0.29, 0.717) is 0 Å². The largest absolute Gasteiger partial charge is 0.507 e. The first-order chi connectivity index (χ1) is 9.74. The van der Waals surface area contributed by atoms with Gasteiger partial charge in [-0.25, -0.2) is 0 Å². The number of para-hydroxylation sites is 1. The Bertz CT molecular complexity index is 693. The molecule has 0 aromatic heterocycles. The third-order valence-corrected chi connectivity index (χ3v) is 3.86. The lowest BCUT2D eigenvalue weighted by molar-refractivity contribution is 0.474. The number of aromatic hydroxyl groups is 1. The molecule has 0 fully saturated rings. The monoisotopic (exact) mass is 282 g/mol. The summed E-state index contributed by atoms with van der Waals surface area (Å²) < 4.78 is 0. The molecule has 0 saturated heterocycles. The molecule has 1 heterocycles. The van der Waals surface area contributed by atoms with Crippen molar-refractivity contribution < 1.29 is 5.11 Å². The molecule has 2 aromatic rings. The molecule has 100 valence electrons. The van der Waals surface area contributed by atoms with Gasteiger partial charge in [0.2, 0.25) is 0 Å². The van der Waals surface area contributed by atoms with E-state index in [1.165, 1.54) is 11.8 Å². The van der Waals surface area contributed by atoms with Gasteiger partial charge in [0.05, 0.1) is 15.8 Å². The topological polar surface area (TPSA) is 58.3 Å². The van der Waals surface area contributed by atoms with Gasteiger partial charge in [-0.1, -0.05) is 60.3 Å².